The predicted octanol–water partition coefficient (Wildman–Crippen LogP) is 1.97. The van der Waals surface area contributed by atoms with Crippen molar-refractivity contribution < 1.29 is 18.3 Å². The fourth-order valence-corrected chi connectivity index (χ4v) is 5.88. The molecule has 2 aliphatic rings. The number of rotatable bonds is 5. The van der Waals surface area contributed by atoms with Crippen molar-refractivity contribution in [3.63, 3.8) is 0 Å². The summed E-state index contributed by atoms with van der Waals surface area (Å²) >= 11 is 0. The van der Waals surface area contributed by atoms with E-state index >= 15 is 0 Å². The number of piperidine rings is 1. The van der Waals surface area contributed by atoms with E-state index in [0.717, 1.165) is 24.7 Å². The first-order chi connectivity index (χ1) is 18.6. The Hall–Kier alpha value is -4.20. The molecule has 0 bridgehead atoms. The number of likely N-dealkylation sites (tertiary alicyclic amines) is 1. The van der Waals surface area contributed by atoms with Gasteiger partial charge in [0.25, 0.3) is 5.91 Å². The van der Waals surface area contributed by atoms with Gasteiger partial charge in [0, 0.05) is 37.5 Å². The summed E-state index contributed by atoms with van der Waals surface area (Å²) in [6, 6.07) is 9.90. The molecular formula is C26H28N8O4S. The number of anilines is 2. The Balaban J connectivity index is 1.49. The molecule has 2 unspecified atom stereocenters. The number of nitriles is 2. The highest BCUT2D eigenvalue weighted by Gasteiger charge is 2.34. The zero-order valence-electron chi connectivity index (χ0n) is 21.6. The van der Waals surface area contributed by atoms with Crippen LogP contribution in [0, 0.1) is 35.5 Å². The first kappa shape index (κ1) is 26.4. The molecule has 2 N–H and O–H groups in total. The number of aryl methyl sites for hydroxylation is 1. The van der Waals surface area contributed by atoms with Crippen LogP contribution in [0.3, 0.4) is 0 Å². The van der Waals surface area contributed by atoms with Crippen molar-refractivity contribution in [1.82, 2.24) is 19.5 Å². The van der Waals surface area contributed by atoms with Crippen molar-refractivity contribution in [1.29, 1.82) is 10.5 Å². The van der Waals surface area contributed by atoms with Gasteiger partial charge in [0.1, 0.15) is 5.82 Å². The van der Waals surface area contributed by atoms with Gasteiger partial charge in [0.15, 0.2) is 5.65 Å². The number of hydrogen-bond acceptors (Lipinski definition) is 9. The number of carbonyl (C=O) groups excluding carboxylic acids is 1. The number of aromatic nitrogens is 3. The first-order valence-corrected chi connectivity index (χ1v) is 14.5. The van der Waals surface area contributed by atoms with Gasteiger partial charge in [-0.15, -0.1) is 0 Å². The van der Waals surface area contributed by atoms with Gasteiger partial charge < -0.3 is 14.9 Å². The van der Waals surface area contributed by atoms with E-state index in [1.165, 1.54) is 18.2 Å². The summed E-state index contributed by atoms with van der Waals surface area (Å²) in [5, 5.41) is 33.6. The number of hydrogen-bond donors (Lipinski definition) is 2. The zero-order valence-corrected chi connectivity index (χ0v) is 22.4. The number of nitrogens with zero attached hydrogens (tertiary/aromatic N) is 7. The second-order valence-electron chi connectivity index (χ2n) is 10.1. The minimum Gasteiger partial charge on any atom is -0.390 e. The summed E-state index contributed by atoms with van der Waals surface area (Å²) in [5.74, 6) is -0.197. The van der Waals surface area contributed by atoms with Gasteiger partial charge in [-0.05, 0) is 44.4 Å². The van der Waals surface area contributed by atoms with Crippen molar-refractivity contribution in [2.24, 2.45) is 5.92 Å². The third-order valence-corrected chi connectivity index (χ3v) is 7.75. The third kappa shape index (κ3) is 5.24. The van der Waals surface area contributed by atoms with Crippen LogP contribution in [0.2, 0.25) is 0 Å². The molecule has 3 aromatic rings. The lowest BCUT2D eigenvalue weighted by atomic mass is 9.97. The molecule has 0 spiro atoms. The van der Waals surface area contributed by atoms with E-state index in [1.54, 1.807) is 9.42 Å². The van der Waals surface area contributed by atoms with Gasteiger partial charge in [-0.2, -0.15) is 15.6 Å². The molecular weight excluding hydrogens is 520 g/mol. The van der Waals surface area contributed by atoms with Crippen LogP contribution >= 0.6 is 0 Å². The second-order valence-corrected chi connectivity index (χ2v) is 11.8. The summed E-state index contributed by atoms with van der Waals surface area (Å²) in [4.78, 5) is 22.2. The minimum absolute atomic E-state index is 0.103. The predicted molar refractivity (Wildman–Crippen MR) is 142 cm³/mol. The molecule has 1 aromatic carbocycles. The van der Waals surface area contributed by atoms with E-state index in [4.69, 9.17) is 10.1 Å². The molecule has 12 nitrogen and oxygen atoms in total. The van der Waals surface area contributed by atoms with Crippen LogP contribution in [0.5, 0.6) is 0 Å². The average Bonchev–Trinajstić information content (AvgIpc) is 3.49. The molecule has 2 fully saturated rings. The van der Waals surface area contributed by atoms with Gasteiger partial charge in [0.2, 0.25) is 10.0 Å². The SMILES string of the molecule is Cc1cn2nc([C@@H]3CCCCN3C(=O)c3cc(C#N)ccc3NS(C)(=O)=O)cc2nc1N1CC(O)C(C#N)C1. The number of β-amino-alcohol motifs (C(OH)–C–C–N with tert-alkyl or cyclic N) is 1. The number of aliphatic hydroxyl groups is 1. The molecule has 2 aromatic heterocycles. The quantitative estimate of drug-likeness (QED) is 0.484. The molecule has 13 heteroatoms. The van der Waals surface area contributed by atoms with Crippen molar-refractivity contribution >= 4 is 33.1 Å². The van der Waals surface area contributed by atoms with Gasteiger partial charge in [-0.25, -0.2) is 17.9 Å². The summed E-state index contributed by atoms with van der Waals surface area (Å²) in [7, 11) is -3.66. The van der Waals surface area contributed by atoms with Crippen LogP contribution in [-0.4, -0.2) is 70.9 Å². The van der Waals surface area contributed by atoms with Gasteiger partial charge in [-0.1, -0.05) is 0 Å². The van der Waals surface area contributed by atoms with Crippen LogP contribution in [0.15, 0.2) is 30.5 Å². The lowest BCUT2D eigenvalue weighted by Crippen LogP contribution is -2.39. The number of aliphatic hydroxyl groups excluding tert-OH is 1. The molecule has 0 saturated carbocycles. The molecule has 5 rings (SSSR count). The number of sulfonamides is 1. The smallest absolute Gasteiger partial charge is 0.256 e. The third-order valence-electron chi connectivity index (χ3n) is 7.16. The number of fused-ring (bicyclic) bond motifs is 1. The number of nitrogens with one attached hydrogen (secondary N) is 1. The maximum Gasteiger partial charge on any atom is 0.256 e. The van der Waals surface area contributed by atoms with Crippen LogP contribution in [0.25, 0.3) is 5.65 Å². The van der Waals surface area contributed by atoms with E-state index in [-0.39, 0.29) is 22.9 Å². The topological polar surface area (TPSA) is 168 Å². The molecule has 3 atom stereocenters. The first-order valence-electron chi connectivity index (χ1n) is 12.6. The zero-order chi connectivity index (χ0) is 27.9. The Labute approximate surface area is 226 Å². The Morgan fingerprint density at radius 1 is 1.21 bits per heavy atom. The molecule has 4 heterocycles. The van der Waals surface area contributed by atoms with Gasteiger partial charge >= 0.3 is 0 Å². The highest BCUT2D eigenvalue weighted by molar-refractivity contribution is 7.92. The molecule has 0 radical (unpaired) electrons. The highest BCUT2D eigenvalue weighted by Crippen LogP contribution is 2.34. The number of amides is 1. The molecule has 202 valence electrons. The van der Waals surface area contributed by atoms with Crippen molar-refractivity contribution in [2.75, 3.05) is 35.5 Å². The normalized spacial score (nSPS) is 21.5. The van der Waals surface area contributed by atoms with Crippen molar-refractivity contribution in [2.45, 2.75) is 38.3 Å². The molecule has 1 amide bonds. The van der Waals surface area contributed by atoms with Crippen LogP contribution in [0.1, 0.15) is 52.5 Å². The van der Waals surface area contributed by atoms with Crippen molar-refractivity contribution in [3.8, 4) is 12.1 Å². The largest absolute Gasteiger partial charge is 0.390 e. The Bertz CT molecular complexity index is 1640. The lowest BCUT2D eigenvalue weighted by molar-refractivity contribution is 0.0606. The Morgan fingerprint density at radius 3 is 2.69 bits per heavy atom. The average molecular weight is 549 g/mol. The summed E-state index contributed by atoms with van der Waals surface area (Å²) in [6.07, 6.45) is 4.43. The molecule has 39 heavy (non-hydrogen) atoms. The summed E-state index contributed by atoms with van der Waals surface area (Å²) < 4.78 is 27.9. The lowest BCUT2D eigenvalue weighted by Gasteiger charge is -2.35. The van der Waals surface area contributed by atoms with E-state index in [9.17, 15) is 28.8 Å². The summed E-state index contributed by atoms with van der Waals surface area (Å²) in [6.45, 7) is 3.05. The molecule has 2 saturated heterocycles. The standard InChI is InChI=1S/C26H28N8O4S/c1-16-13-34-24(29-25(16)32-14-18(12-28)23(35)15-32)10-21(30-34)22-5-3-4-8-33(22)26(36)19-9-17(11-27)6-7-20(19)31-39(2,37)38/h6-7,9-10,13,18,22-23,31,35H,3-5,8,14-15H2,1-2H3/t18?,22-,23?/m0/s1. The van der Waals surface area contributed by atoms with E-state index in [2.05, 4.69) is 10.8 Å². The van der Waals surface area contributed by atoms with Crippen LogP contribution < -0.4 is 9.62 Å². The van der Waals surface area contributed by atoms with Crippen LogP contribution in [0.4, 0.5) is 11.5 Å². The second kappa shape index (κ2) is 10.2. The van der Waals surface area contributed by atoms with Crippen molar-refractivity contribution in [3.05, 3.63) is 52.8 Å². The van der Waals surface area contributed by atoms with Gasteiger partial charge in [0.05, 0.1) is 59.0 Å². The van der Waals surface area contributed by atoms with Gasteiger partial charge in [-0.3, -0.25) is 9.52 Å². The Morgan fingerprint density at radius 2 is 2.00 bits per heavy atom. The summed E-state index contributed by atoms with van der Waals surface area (Å²) in [5.41, 5.74) is 2.53. The molecule has 0 aliphatic carbocycles. The van der Waals surface area contributed by atoms with Crippen LogP contribution in [-0.2, 0) is 10.0 Å². The number of benzene rings is 1. The maximum absolute atomic E-state index is 13.8. The highest BCUT2D eigenvalue weighted by atomic mass is 32.2. The fourth-order valence-electron chi connectivity index (χ4n) is 5.31. The minimum atomic E-state index is -3.66. The van der Waals surface area contributed by atoms with E-state index in [1.807, 2.05) is 30.2 Å². The fraction of sp³-hybridized carbons (Fsp3) is 0.423. The van der Waals surface area contributed by atoms with E-state index < -0.39 is 28.0 Å². The maximum atomic E-state index is 13.8. The Kier molecular flexibility index (Phi) is 6.89. The monoisotopic (exact) mass is 548 g/mol. The van der Waals surface area contributed by atoms with E-state index in [0.29, 0.717) is 43.2 Å². The number of carbonyl (C=O) groups is 1. The molecule has 2 aliphatic heterocycles.